The van der Waals surface area contributed by atoms with Crippen LogP contribution in [0.5, 0.6) is 0 Å². The maximum absolute atomic E-state index is 13.8. The molecule has 1 aliphatic rings. The Labute approximate surface area is 217 Å². The first-order valence-electron chi connectivity index (χ1n) is 13.0. The van der Waals surface area contributed by atoms with Crippen LogP contribution in [0.3, 0.4) is 0 Å². The van der Waals surface area contributed by atoms with E-state index in [1.54, 1.807) is 26.8 Å². The van der Waals surface area contributed by atoms with Crippen LogP contribution < -0.4 is 10.6 Å². The van der Waals surface area contributed by atoms with Crippen molar-refractivity contribution >= 4 is 23.1 Å². The molecule has 8 heteroatoms. The second-order valence-corrected chi connectivity index (χ2v) is 10.8. The van der Waals surface area contributed by atoms with E-state index in [0.29, 0.717) is 36.8 Å². The van der Waals surface area contributed by atoms with E-state index in [2.05, 4.69) is 15.6 Å². The van der Waals surface area contributed by atoms with Gasteiger partial charge in [0.15, 0.2) is 11.7 Å². The van der Waals surface area contributed by atoms with Gasteiger partial charge in [0.05, 0.1) is 6.04 Å². The molecular formula is C29H37N3O5. The number of oxazole rings is 1. The number of aliphatic hydroxyl groups excluding tert-OH is 1. The predicted molar refractivity (Wildman–Crippen MR) is 141 cm³/mol. The highest BCUT2D eigenvalue weighted by molar-refractivity contribution is 5.90. The molecule has 1 aromatic heterocycles. The quantitative estimate of drug-likeness (QED) is 0.386. The van der Waals surface area contributed by atoms with E-state index in [1.165, 1.54) is 0 Å². The fourth-order valence-corrected chi connectivity index (χ4v) is 4.83. The molecule has 2 atom stereocenters. The minimum absolute atomic E-state index is 0.150. The number of ether oxygens (including phenoxy) is 1. The summed E-state index contributed by atoms with van der Waals surface area (Å²) in [5.74, 6) is -0.177. The molecule has 4 rings (SSSR count). The zero-order chi connectivity index (χ0) is 26.5. The van der Waals surface area contributed by atoms with Crippen molar-refractivity contribution < 1.29 is 23.8 Å². The Balaban J connectivity index is 1.57. The molecule has 0 aliphatic heterocycles. The van der Waals surface area contributed by atoms with E-state index in [0.717, 1.165) is 24.8 Å². The standard InChI is InChI=1S/C29H37N3O5/c1-28(2,3)37-27(35)32-29(18-10-5-11-19-29)26(34)31-22(17-16-20-12-6-4-7-13-20)24(33)25-30-21-14-8-9-15-23(21)36-25/h4,6-9,12-15,22,24,33H,5,10-11,16-19H2,1-3H3,(H,31,34)(H,32,35). The van der Waals surface area contributed by atoms with Gasteiger partial charge in [0.2, 0.25) is 11.8 Å². The number of hydrogen-bond donors (Lipinski definition) is 3. The number of para-hydroxylation sites is 2. The average molecular weight is 508 g/mol. The number of hydrogen-bond acceptors (Lipinski definition) is 6. The van der Waals surface area contributed by atoms with Gasteiger partial charge >= 0.3 is 6.09 Å². The molecule has 1 aliphatic carbocycles. The number of carbonyl (C=O) groups excluding carboxylic acids is 2. The molecule has 2 unspecified atom stereocenters. The Hall–Kier alpha value is -3.39. The fourth-order valence-electron chi connectivity index (χ4n) is 4.83. The fraction of sp³-hybridized carbons (Fsp3) is 0.483. The van der Waals surface area contributed by atoms with Crippen molar-refractivity contribution in [3.8, 4) is 0 Å². The normalized spacial score (nSPS) is 17.1. The van der Waals surface area contributed by atoms with E-state index >= 15 is 0 Å². The third kappa shape index (κ3) is 6.89. The summed E-state index contributed by atoms with van der Waals surface area (Å²) >= 11 is 0. The Morgan fingerprint density at radius 3 is 2.41 bits per heavy atom. The van der Waals surface area contributed by atoms with E-state index in [1.807, 2.05) is 48.5 Å². The molecule has 3 aromatic rings. The van der Waals surface area contributed by atoms with Crippen LogP contribution >= 0.6 is 0 Å². The number of alkyl carbamates (subject to hydrolysis) is 1. The topological polar surface area (TPSA) is 114 Å². The van der Waals surface area contributed by atoms with Crippen molar-refractivity contribution in [2.75, 3.05) is 0 Å². The Morgan fingerprint density at radius 1 is 1.05 bits per heavy atom. The van der Waals surface area contributed by atoms with E-state index < -0.39 is 29.4 Å². The highest BCUT2D eigenvalue weighted by Gasteiger charge is 2.43. The lowest BCUT2D eigenvalue weighted by atomic mass is 9.80. The Bertz CT molecular complexity index is 1160. The maximum Gasteiger partial charge on any atom is 0.408 e. The number of nitrogens with one attached hydrogen (secondary N) is 2. The molecule has 3 N–H and O–H groups in total. The molecule has 0 spiro atoms. The number of aromatic nitrogens is 1. The summed E-state index contributed by atoms with van der Waals surface area (Å²) in [6, 6.07) is 16.5. The average Bonchev–Trinajstić information content (AvgIpc) is 3.30. The van der Waals surface area contributed by atoms with Crippen molar-refractivity contribution in [1.82, 2.24) is 15.6 Å². The van der Waals surface area contributed by atoms with Crippen molar-refractivity contribution in [3.63, 3.8) is 0 Å². The smallest absolute Gasteiger partial charge is 0.408 e. The zero-order valence-electron chi connectivity index (χ0n) is 21.8. The minimum Gasteiger partial charge on any atom is -0.444 e. The summed E-state index contributed by atoms with van der Waals surface area (Å²) < 4.78 is 11.3. The van der Waals surface area contributed by atoms with Gasteiger partial charge in [-0.15, -0.1) is 0 Å². The van der Waals surface area contributed by atoms with Crippen LogP contribution in [0.25, 0.3) is 11.1 Å². The predicted octanol–water partition coefficient (Wildman–Crippen LogP) is 5.21. The number of rotatable bonds is 8. The van der Waals surface area contributed by atoms with E-state index in [4.69, 9.17) is 9.15 Å². The highest BCUT2D eigenvalue weighted by Crippen LogP contribution is 2.31. The van der Waals surface area contributed by atoms with E-state index in [-0.39, 0.29) is 11.8 Å². The molecular weight excluding hydrogens is 470 g/mol. The van der Waals surface area contributed by atoms with Gasteiger partial charge in [-0.25, -0.2) is 9.78 Å². The molecule has 0 radical (unpaired) electrons. The summed E-state index contributed by atoms with van der Waals surface area (Å²) in [5, 5.41) is 17.3. The van der Waals surface area contributed by atoms with Gasteiger partial charge in [-0.3, -0.25) is 4.79 Å². The zero-order valence-corrected chi connectivity index (χ0v) is 21.8. The largest absolute Gasteiger partial charge is 0.444 e. The SMILES string of the molecule is CC(C)(C)OC(=O)NC1(C(=O)NC(CCc2ccccc2)C(O)c2nc3ccccc3o2)CCCCC1. The Morgan fingerprint density at radius 2 is 1.73 bits per heavy atom. The van der Waals surface area contributed by atoms with Crippen LogP contribution in [0, 0.1) is 0 Å². The van der Waals surface area contributed by atoms with Gasteiger partial charge in [-0.2, -0.15) is 0 Å². The highest BCUT2D eigenvalue weighted by atomic mass is 16.6. The number of aliphatic hydroxyl groups is 1. The van der Waals surface area contributed by atoms with Crippen LogP contribution in [0.2, 0.25) is 0 Å². The molecule has 37 heavy (non-hydrogen) atoms. The molecule has 1 heterocycles. The van der Waals surface area contributed by atoms with Crippen LogP contribution in [-0.4, -0.2) is 39.3 Å². The summed E-state index contributed by atoms with van der Waals surface area (Å²) in [4.78, 5) is 31.0. The maximum atomic E-state index is 13.8. The Kier molecular flexibility index (Phi) is 8.17. The molecule has 198 valence electrons. The molecule has 0 saturated heterocycles. The van der Waals surface area contributed by atoms with Gasteiger partial charge in [0.25, 0.3) is 0 Å². The van der Waals surface area contributed by atoms with Crippen molar-refractivity contribution in [2.45, 2.75) is 89.0 Å². The minimum atomic E-state index is -1.16. The lowest BCUT2D eigenvalue weighted by Crippen LogP contribution is -2.62. The van der Waals surface area contributed by atoms with Gasteiger partial charge in [-0.05, 0) is 64.2 Å². The molecule has 2 amide bonds. The van der Waals surface area contributed by atoms with E-state index in [9.17, 15) is 14.7 Å². The molecule has 2 aromatic carbocycles. The first-order valence-corrected chi connectivity index (χ1v) is 13.0. The van der Waals surface area contributed by atoms with Crippen LogP contribution in [-0.2, 0) is 16.0 Å². The van der Waals surface area contributed by atoms with Crippen molar-refractivity contribution in [1.29, 1.82) is 0 Å². The molecule has 0 bridgehead atoms. The number of carbonyl (C=O) groups is 2. The van der Waals surface area contributed by atoms with Gasteiger partial charge < -0.3 is 24.9 Å². The van der Waals surface area contributed by atoms with Gasteiger partial charge in [0, 0.05) is 0 Å². The molecule has 1 fully saturated rings. The first kappa shape index (κ1) is 26.7. The lowest BCUT2D eigenvalue weighted by molar-refractivity contribution is -0.131. The number of aryl methyl sites for hydroxylation is 1. The molecule has 1 saturated carbocycles. The van der Waals surface area contributed by atoms with Crippen LogP contribution in [0.4, 0.5) is 4.79 Å². The first-order chi connectivity index (χ1) is 17.7. The third-order valence-electron chi connectivity index (χ3n) is 6.73. The number of amides is 2. The summed E-state index contributed by atoms with van der Waals surface area (Å²) in [5.41, 5.74) is 0.510. The second-order valence-electron chi connectivity index (χ2n) is 10.8. The van der Waals surface area contributed by atoms with Gasteiger partial charge in [0.1, 0.15) is 16.7 Å². The second kappa shape index (κ2) is 11.3. The van der Waals surface area contributed by atoms with Crippen molar-refractivity contribution in [2.24, 2.45) is 0 Å². The number of nitrogens with zero attached hydrogens (tertiary/aromatic N) is 1. The molecule has 8 nitrogen and oxygen atoms in total. The number of fused-ring (bicyclic) bond motifs is 1. The van der Waals surface area contributed by atoms with Crippen LogP contribution in [0.15, 0.2) is 59.0 Å². The summed E-state index contributed by atoms with van der Waals surface area (Å²) in [7, 11) is 0. The van der Waals surface area contributed by atoms with Gasteiger partial charge in [-0.1, -0.05) is 61.7 Å². The monoisotopic (exact) mass is 507 g/mol. The van der Waals surface area contributed by atoms with Crippen LogP contribution in [0.1, 0.15) is 76.9 Å². The summed E-state index contributed by atoms with van der Waals surface area (Å²) in [6.07, 6.45) is 2.93. The summed E-state index contributed by atoms with van der Waals surface area (Å²) in [6.45, 7) is 5.36. The third-order valence-corrected chi connectivity index (χ3v) is 6.73. The lowest BCUT2D eigenvalue weighted by Gasteiger charge is -2.38. The van der Waals surface area contributed by atoms with Crippen molar-refractivity contribution in [3.05, 3.63) is 66.1 Å². The number of benzene rings is 2.